The van der Waals surface area contributed by atoms with Crippen LogP contribution in [0.4, 0.5) is 0 Å². The minimum Gasteiger partial charge on any atom is -0.505 e. The summed E-state index contributed by atoms with van der Waals surface area (Å²) in [4.78, 5) is -0.169. The third kappa shape index (κ3) is 2.35. The molecule has 1 aliphatic carbocycles. The highest BCUT2D eigenvalue weighted by Crippen LogP contribution is 2.41. The first-order chi connectivity index (χ1) is 8.24. The molecular formula is C12H16ClNO3S. The Morgan fingerprint density at radius 1 is 1.44 bits per heavy atom. The van der Waals surface area contributed by atoms with Crippen molar-refractivity contribution < 1.29 is 13.5 Å². The maximum absolute atomic E-state index is 12.2. The van der Waals surface area contributed by atoms with Crippen molar-refractivity contribution in [3.8, 4) is 5.75 Å². The molecule has 1 unspecified atom stereocenters. The van der Waals surface area contributed by atoms with Crippen molar-refractivity contribution in [2.24, 2.45) is 5.41 Å². The average Bonchev–Trinajstić information content (AvgIpc) is 2.28. The fourth-order valence-electron chi connectivity index (χ4n) is 2.05. The van der Waals surface area contributed by atoms with Gasteiger partial charge in [-0.05, 0) is 30.4 Å². The highest BCUT2D eigenvalue weighted by Gasteiger charge is 2.41. The Bertz CT molecular complexity index is 569. The first-order valence-electron chi connectivity index (χ1n) is 5.74. The number of benzene rings is 1. The number of para-hydroxylation sites is 1. The molecule has 18 heavy (non-hydrogen) atoms. The van der Waals surface area contributed by atoms with Gasteiger partial charge in [0, 0.05) is 6.04 Å². The number of sulfonamides is 1. The first kappa shape index (κ1) is 13.6. The molecule has 1 aromatic carbocycles. The quantitative estimate of drug-likeness (QED) is 0.898. The van der Waals surface area contributed by atoms with Crippen molar-refractivity contribution in [2.75, 3.05) is 0 Å². The van der Waals surface area contributed by atoms with Crippen LogP contribution in [0.1, 0.15) is 26.7 Å². The number of halogens is 1. The van der Waals surface area contributed by atoms with E-state index in [0.717, 1.165) is 12.8 Å². The number of hydrogen-bond acceptors (Lipinski definition) is 3. The van der Waals surface area contributed by atoms with Crippen LogP contribution in [-0.4, -0.2) is 19.6 Å². The smallest absolute Gasteiger partial charge is 0.244 e. The monoisotopic (exact) mass is 289 g/mol. The van der Waals surface area contributed by atoms with Gasteiger partial charge < -0.3 is 5.11 Å². The van der Waals surface area contributed by atoms with Crippen LogP contribution in [0.25, 0.3) is 0 Å². The number of rotatable bonds is 3. The van der Waals surface area contributed by atoms with E-state index in [0.29, 0.717) is 0 Å². The van der Waals surface area contributed by atoms with Crippen molar-refractivity contribution in [1.82, 2.24) is 4.72 Å². The predicted octanol–water partition coefficient (Wildman–Crippen LogP) is 2.51. The molecule has 1 atom stereocenters. The fourth-order valence-corrected chi connectivity index (χ4v) is 3.84. The molecule has 1 aliphatic rings. The van der Waals surface area contributed by atoms with Crippen LogP contribution in [0.2, 0.25) is 5.02 Å². The minimum absolute atomic E-state index is 0.0331. The zero-order valence-corrected chi connectivity index (χ0v) is 11.8. The highest BCUT2D eigenvalue weighted by molar-refractivity contribution is 7.89. The van der Waals surface area contributed by atoms with Gasteiger partial charge in [0.2, 0.25) is 10.0 Å². The summed E-state index contributed by atoms with van der Waals surface area (Å²) >= 11 is 5.72. The number of phenols is 1. The lowest BCUT2D eigenvalue weighted by Gasteiger charge is -2.44. The van der Waals surface area contributed by atoms with Crippen molar-refractivity contribution in [2.45, 2.75) is 37.6 Å². The van der Waals surface area contributed by atoms with Crippen LogP contribution < -0.4 is 4.72 Å². The first-order valence-corrected chi connectivity index (χ1v) is 7.60. The van der Waals surface area contributed by atoms with Crippen molar-refractivity contribution >= 4 is 21.6 Å². The Kier molecular flexibility index (Phi) is 3.34. The van der Waals surface area contributed by atoms with Crippen LogP contribution in [0.15, 0.2) is 23.1 Å². The van der Waals surface area contributed by atoms with Crippen molar-refractivity contribution in [3.63, 3.8) is 0 Å². The number of hydrogen-bond donors (Lipinski definition) is 2. The summed E-state index contributed by atoms with van der Waals surface area (Å²) in [7, 11) is -3.73. The Labute approximate surface area is 112 Å². The fraction of sp³-hybridized carbons (Fsp3) is 0.500. The molecule has 1 aromatic rings. The summed E-state index contributed by atoms with van der Waals surface area (Å²) in [5.74, 6) is -0.399. The normalized spacial score (nSPS) is 22.5. The Morgan fingerprint density at radius 3 is 2.61 bits per heavy atom. The molecule has 2 rings (SSSR count). The summed E-state index contributed by atoms with van der Waals surface area (Å²) in [5.41, 5.74) is -0.0404. The molecule has 6 heteroatoms. The highest BCUT2D eigenvalue weighted by atomic mass is 35.5. The van der Waals surface area contributed by atoms with E-state index >= 15 is 0 Å². The van der Waals surface area contributed by atoms with Gasteiger partial charge in [0.15, 0.2) is 5.75 Å². The van der Waals surface area contributed by atoms with Crippen LogP contribution in [-0.2, 0) is 10.0 Å². The molecule has 0 saturated heterocycles. The Morgan fingerprint density at radius 2 is 2.11 bits per heavy atom. The summed E-state index contributed by atoms with van der Waals surface area (Å²) in [6.07, 6.45) is 1.80. The average molecular weight is 290 g/mol. The molecule has 0 heterocycles. The van der Waals surface area contributed by atoms with Crippen LogP contribution in [0.5, 0.6) is 5.75 Å². The van der Waals surface area contributed by atoms with E-state index in [9.17, 15) is 13.5 Å². The van der Waals surface area contributed by atoms with E-state index in [1.165, 1.54) is 18.2 Å². The van der Waals surface area contributed by atoms with Crippen LogP contribution in [0.3, 0.4) is 0 Å². The maximum Gasteiger partial charge on any atom is 0.244 e. The van der Waals surface area contributed by atoms with Gasteiger partial charge in [0.1, 0.15) is 4.90 Å². The molecule has 0 radical (unpaired) electrons. The number of phenolic OH excluding ortho intramolecular Hbond substituents is 1. The molecule has 4 nitrogen and oxygen atoms in total. The number of nitrogens with one attached hydrogen (secondary N) is 1. The Balaban J connectivity index is 2.29. The van der Waals surface area contributed by atoms with Gasteiger partial charge in [0.05, 0.1) is 5.02 Å². The molecule has 0 amide bonds. The van der Waals surface area contributed by atoms with E-state index in [2.05, 4.69) is 4.72 Å². The molecular weight excluding hydrogens is 274 g/mol. The van der Waals surface area contributed by atoms with E-state index in [4.69, 9.17) is 11.6 Å². The number of aromatic hydroxyl groups is 1. The van der Waals surface area contributed by atoms with Crippen LogP contribution in [0, 0.1) is 5.41 Å². The lowest BCUT2D eigenvalue weighted by Crippen LogP contribution is -2.51. The molecule has 1 fully saturated rings. The van der Waals surface area contributed by atoms with Gasteiger partial charge in [-0.3, -0.25) is 0 Å². The van der Waals surface area contributed by atoms with Crippen molar-refractivity contribution in [3.05, 3.63) is 23.2 Å². The summed E-state index contributed by atoms with van der Waals surface area (Å²) < 4.78 is 27.0. The van der Waals surface area contributed by atoms with E-state index in [-0.39, 0.29) is 21.4 Å². The van der Waals surface area contributed by atoms with Gasteiger partial charge in [0.25, 0.3) is 0 Å². The third-order valence-electron chi connectivity index (χ3n) is 3.56. The molecule has 2 N–H and O–H groups in total. The molecule has 1 saturated carbocycles. The molecule has 0 bridgehead atoms. The van der Waals surface area contributed by atoms with Gasteiger partial charge in [-0.2, -0.15) is 0 Å². The lowest BCUT2D eigenvalue weighted by molar-refractivity contribution is 0.129. The standard InChI is InChI=1S/C12H16ClNO3S/c1-12(2)7-6-10(12)14-18(16,17)9-5-3-4-8(13)11(9)15/h3-5,10,14-15H,6-7H2,1-2H3. The van der Waals surface area contributed by atoms with E-state index < -0.39 is 15.8 Å². The third-order valence-corrected chi connectivity index (χ3v) is 5.37. The second-order valence-electron chi connectivity index (χ2n) is 5.29. The SMILES string of the molecule is CC1(C)CCC1NS(=O)(=O)c1cccc(Cl)c1O. The zero-order chi connectivity index (χ0) is 13.6. The van der Waals surface area contributed by atoms with Crippen LogP contribution >= 0.6 is 11.6 Å². The molecule has 100 valence electrons. The van der Waals surface area contributed by atoms with Gasteiger partial charge in [-0.1, -0.05) is 31.5 Å². The van der Waals surface area contributed by atoms with E-state index in [1.54, 1.807) is 0 Å². The van der Waals surface area contributed by atoms with Crippen molar-refractivity contribution in [1.29, 1.82) is 0 Å². The van der Waals surface area contributed by atoms with Gasteiger partial charge >= 0.3 is 0 Å². The summed E-state index contributed by atoms with van der Waals surface area (Å²) in [6, 6.07) is 4.20. The topological polar surface area (TPSA) is 66.4 Å². The minimum atomic E-state index is -3.73. The Hall–Kier alpha value is -0.780. The van der Waals surface area contributed by atoms with E-state index in [1.807, 2.05) is 13.8 Å². The molecule has 0 aliphatic heterocycles. The lowest BCUT2D eigenvalue weighted by atomic mass is 9.68. The van der Waals surface area contributed by atoms with Gasteiger partial charge in [-0.15, -0.1) is 0 Å². The largest absolute Gasteiger partial charge is 0.505 e. The second-order valence-corrected chi connectivity index (χ2v) is 7.38. The second kappa shape index (κ2) is 4.40. The maximum atomic E-state index is 12.2. The summed E-state index contributed by atoms with van der Waals surface area (Å²) in [6.45, 7) is 4.03. The zero-order valence-electron chi connectivity index (χ0n) is 10.3. The summed E-state index contributed by atoms with van der Waals surface area (Å²) in [5, 5.41) is 9.75. The molecule has 0 spiro atoms. The predicted molar refractivity (Wildman–Crippen MR) is 70.2 cm³/mol. The van der Waals surface area contributed by atoms with Gasteiger partial charge in [-0.25, -0.2) is 13.1 Å². The molecule has 0 aromatic heterocycles.